The van der Waals surface area contributed by atoms with Crippen LogP contribution in [0, 0.1) is 24.7 Å². The molecule has 8 nitrogen and oxygen atoms in total. The Hall–Kier alpha value is -1.13. The Labute approximate surface area is 265 Å². The number of carboxylic acids is 1. The van der Waals surface area contributed by atoms with Crippen LogP contribution in [0.25, 0.3) is 0 Å². The van der Waals surface area contributed by atoms with E-state index in [0.717, 1.165) is 74.1 Å². The molecule has 238 valence electrons. The van der Waals surface area contributed by atoms with Crippen LogP contribution >= 0.6 is 23.4 Å². The van der Waals surface area contributed by atoms with Gasteiger partial charge in [0.25, 0.3) is 5.56 Å². The van der Waals surface area contributed by atoms with Gasteiger partial charge in [-0.2, -0.15) is 11.8 Å². The van der Waals surface area contributed by atoms with Gasteiger partial charge in [-0.05, 0) is 96.3 Å². The van der Waals surface area contributed by atoms with E-state index in [9.17, 15) is 14.7 Å². The molecule has 2 N–H and O–H groups in total. The first kappa shape index (κ1) is 30.5. The number of piperidine rings is 1. The molecule has 2 aliphatic heterocycles. The number of nitrogens with one attached hydrogen (secondary N) is 1. The fourth-order valence-electron chi connectivity index (χ4n) is 9.19. The van der Waals surface area contributed by atoms with Gasteiger partial charge in [-0.15, -0.1) is 11.6 Å². The van der Waals surface area contributed by atoms with Crippen molar-refractivity contribution in [3.05, 3.63) is 27.4 Å². The molecule has 1 aromatic rings. The lowest BCUT2D eigenvalue weighted by atomic mass is 9.70. The summed E-state index contributed by atoms with van der Waals surface area (Å²) in [4.78, 5) is 33.6. The molecule has 0 spiro atoms. The molecular formula is C33H49ClN4O4S. The first-order chi connectivity index (χ1) is 20.8. The molecule has 0 radical (unpaired) electrons. The van der Waals surface area contributed by atoms with Gasteiger partial charge in [-0.25, -0.2) is 4.98 Å². The number of hydrogen-bond donors (Lipinski definition) is 2. The van der Waals surface area contributed by atoms with E-state index < -0.39 is 5.97 Å². The zero-order valence-electron chi connectivity index (χ0n) is 25.8. The maximum absolute atomic E-state index is 13.9. The van der Waals surface area contributed by atoms with Crippen LogP contribution in [0.3, 0.4) is 0 Å². The number of aliphatic carboxylic acids is 1. The van der Waals surface area contributed by atoms with Gasteiger partial charge in [0.2, 0.25) is 0 Å². The zero-order chi connectivity index (χ0) is 29.8. The number of alkyl halides is 1. The van der Waals surface area contributed by atoms with E-state index in [1.807, 2.05) is 23.3 Å². The highest BCUT2D eigenvalue weighted by atomic mass is 35.5. The topological polar surface area (TPSA) is 96.7 Å². The van der Waals surface area contributed by atoms with E-state index in [1.165, 1.54) is 32.1 Å². The first-order valence-electron chi connectivity index (χ1n) is 17.0. The molecule has 3 saturated carbocycles. The third-order valence-corrected chi connectivity index (χ3v) is 13.6. The highest BCUT2D eigenvalue weighted by Gasteiger charge is 2.52. The highest BCUT2D eigenvalue weighted by molar-refractivity contribution is 8.00. The smallest absolute Gasteiger partial charge is 0.308 e. The molecule has 6 aliphatic rings. The Balaban J connectivity index is 1.04. The number of carbonyl (C=O) groups is 1. The molecule has 9 unspecified atom stereocenters. The van der Waals surface area contributed by atoms with Crippen molar-refractivity contribution in [2.45, 2.75) is 144 Å². The molecule has 5 fully saturated rings. The number of aryl methyl sites for hydroxylation is 2. The van der Waals surface area contributed by atoms with Gasteiger partial charge in [0.05, 0.1) is 30.9 Å². The van der Waals surface area contributed by atoms with Crippen LogP contribution in [-0.4, -0.2) is 84.8 Å². The van der Waals surface area contributed by atoms with Crippen LogP contribution in [0.1, 0.15) is 88.2 Å². The minimum atomic E-state index is -0.693. The number of halogens is 1. The lowest BCUT2D eigenvalue weighted by Gasteiger charge is -2.47. The molecule has 3 heterocycles. The second kappa shape index (κ2) is 12.6. The highest BCUT2D eigenvalue weighted by Crippen LogP contribution is 2.48. The quantitative estimate of drug-likeness (QED) is 0.387. The van der Waals surface area contributed by atoms with Gasteiger partial charge >= 0.3 is 5.97 Å². The summed E-state index contributed by atoms with van der Waals surface area (Å²) in [6.45, 7) is 5.14. The number of thioether (sulfide) groups is 1. The van der Waals surface area contributed by atoms with E-state index in [4.69, 9.17) is 21.3 Å². The lowest BCUT2D eigenvalue weighted by molar-refractivity contribution is -0.142. The Bertz CT molecular complexity index is 1250. The molecule has 2 saturated heterocycles. The maximum Gasteiger partial charge on any atom is 0.308 e. The van der Waals surface area contributed by atoms with Crippen molar-refractivity contribution in [1.82, 2.24) is 19.8 Å². The Morgan fingerprint density at radius 3 is 2.63 bits per heavy atom. The van der Waals surface area contributed by atoms with Crippen LogP contribution in [0.15, 0.2) is 4.79 Å². The summed E-state index contributed by atoms with van der Waals surface area (Å²) >= 11 is 8.58. The number of fused-ring (bicyclic) bond motifs is 2. The van der Waals surface area contributed by atoms with Crippen LogP contribution in [0.4, 0.5) is 0 Å². The molecule has 10 heteroatoms. The predicted molar refractivity (Wildman–Crippen MR) is 170 cm³/mol. The minimum absolute atomic E-state index is 0.000597. The number of rotatable bonds is 9. The SMILES string of the molecule is Cc1nc2c(c(=O)n1CCOC1CCC(Cl)CC1C1CC(C)NC3C(C(=O)O)CSC13)CC(N(C1CCC1)C1CC1)CC2. The van der Waals surface area contributed by atoms with Gasteiger partial charge in [0.15, 0.2) is 0 Å². The average Bonchev–Trinajstić information content (AvgIpc) is 3.70. The van der Waals surface area contributed by atoms with Gasteiger partial charge in [0, 0.05) is 52.2 Å². The van der Waals surface area contributed by atoms with E-state index in [2.05, 4.69) is 17.1 Å². The molecule has 9 atom stereocenters. The second-order valence-electron chi connectivity index (χ2n) is 14.4. The largest absolute Gasteiger partial charge is 0.481 e. The third kappa shape index (κ3) is 6.07. The summed E-state index contributed by atoms with van der Waals surface area (Å²) in [5, 5.41) is 13.9. The minimum Gasteiger partial charge on any atom is -0.481 e. The Kier molecular flexibility index (Phi) is 8.93. The molecule has 0 amide bonds. The number of hydrogen-bond acceptors (Lipinski definition) is 7. The number of aromatic nitrogens is 2. The fraction of sp³-hybridized carbons (Fsp3) is 0.848. The predicted octanol–water partition coefficient (Wildman–Crippen LogP) is 4.40. The molecule has 4 aliphatic carbocycles. The molecule has 1 aromatic heterocycles. The standard InChI is InChI=1S/C33H49ClN4O4S/c1-18-14-25(31-30(35-18)27(17-43-31)33(40)41)24-15-20(34)6-11-29(24)42-13-12-37-19(2)36-28-10-9-23(16-26(28)32(37)39)38(22-7-8-22)21-4-3-5-21/h18,20-25,27,29-31,35H,3-17H2,1-2H3,(H,40,41). The monoisotopic (exact) mass is 632 g/mol. The average molecular weight is 633 g/mol. The van der Waals surface area contributed by atoms with Crippen molar-refractivity contribution < 1.29 is 14.6 Å². The van der Waals surface area contributed by atoms with Gasteiger partial charge in [0.1, 0.15) is 5.82 Å². The molecule has 0 aromatic carbocycles. The summed E-state index contributed by atoms with van der Waals surface area (Å²) in [6, 6.07) is 2.20. The fourth-order valence-corrected chi connectivity index (χ4v) is 11.3. The van der Waals surface area contributed by atoms with Crippen molar-refractivity contribution in [2.24, 2.45) is 17.8 Å². The van der Waals surface area contributed by atoms with Crippen LogP contribution < -0.4 is 10.9 Å². The number of carboxylic acid groups (broad SMARTS) is 1. The van der Waals surface area contributed by atoms with Crippen molar-refractivity contribution >= 4 is 29.3 Å². The van der Waals surface area contributed by atoms with Crippen molar-refractivity contribution in [2.75, 3.05) is 12.4 Å². The Morgan fingerprint density at radius 2 is 1.91 bits per heavy atom. The van der Waals surface area contributed by atoms with Gasteiger partial charge in [-0.3, -0.25) is 19.1 Å². The second-order valence-corrected chi connectivity index (χ2v) is 16.2. The summed E-state index contributed by atoms with van der Waals surface area (Å²) in [5.41, 5.74) is 2.09. The van der Waals surface area contributed by atoms with E-state index in [1.54, 1.807) is 0 Å². The maximum atomic E-state index is 13.9. The molecular weight excluding hydrogens is 584 g/mol. The van der Waals surface area contributed by atoms with Crippen molar-refractivity contribution in [3.63, 3.8) is 0 Å². The summed E-state index contributed by atoms with van der Waals surface area (Å²) in [5.74, 6) is 1.10. The molecule has 43 heavy (non-hydrogen) atoms. The summed E-state index contributed by atoms with van der Waals surface area (Å²) in [7, 11) is 0. The normalized spacial score (nSPS) is 38.0. The summed E-state index contributed by atoms with van der Waals surface area (Å²) in [6.07, 6.45) is 13.3. The Morgan fingerprint density at radius 1 is 1.12 bits per heavy atom. The van der Waals surface area contributed by atoms with E-state index >= 15 is 0 Å². The summed E-state index contributed by atoms with van der Waals surface area (Å²) < 4.78 is 8.53. The van der Waals surface area contributed by atoms with Gasteiger partial charge in [-0.1, -0.05) is 6.42 Å². The number of ether oxygens (including phenoxy) is 1. The van der Waals surface area contributed by atoms with Crippen LogP contribution in [0.2, 0.25) is 0 Å². The zero-order valence-corrected chi connectivity index (χ0v) is 27.3. The van der Waals surface area contributed by atoms with Gasteiger partial charge < -0.3 is 15.2 Å². The van der Waals surface area contributed by atoms with Crippen LogP contribution in [0.5, 0.6) is 0 Å². The lowest BCUT2D eigenvalue weighted by Crippen LogP contribution is -2.57. The first-order valence-corrected chi connectivity index (χ1v) is 18.5. The number of nitrogens with zero attached hydrogens (tertiary/aromatic N) is 3. The third-order valence-electron chi connectivity index (χ3n) is 11.6. The molecule has 7 rings (SSSR count). The van der Waals surface area contributed by atoms with E-state index in [0.29, 0.717) is 36.8 Å². The van der Waals surface area contributed by atoms with Crippen LogP contribution in [-0.2, 0) is 28.9 Å². The van der Waals surface area contributed by atoms with Crippen molar-refractivity contribution in [1.29, 1.82) is 0 Å². The van der Waals surface area contributed by atoms with Crippen molar-refractivity contribution in [3.8, 4) is 0 Å². The molecule has 0 bridgehead atoms. The van der Waals surface area contributed by atoms with E-state index in [-0.39, 0.29) is 40.3 Å².